The summed E-state index contributed by atoms with van der Waals surface area (Å²) in [5.41, 5.74) is 7.99. The zero-order valence-corrected chi connectivity index (χ0v) is 11.8. The molecule has 98 valence electrons. The first-order chi connectivity index (χ1) is 7.31. The third kappa shape index (κ3) is 4.19. The Labute approximate surface area is 119 Å². The number of nitrogens with two attached hydrogens (primary N) is 1. The van der Waals surface area contributed by atoms with Crippen LogP contribution in [0.5, 0.6) is 0 Å². The molecule has 1 aliphatic rings. The molecule has 0 aliphatic carbocycles. The van der Waals surface area contributed by atoms with Gasteiger partial charge in [0, 0.05) is 30.3 Å². The van der Waals surface area contributed by atoms with Crippen LogP contribution in [0.1, 0.15) is 5.56 Å². The monoisotopic (exact) mass is 298 g/mol. The van der Waals surface area contributed by atoms with Crippen LogP contribution >= 0.6 is 36.4 Å². The van der Waals surface area contributed by atoms with Crippen molar-refractivity contribution in [3.63, 3.8) is 0 Å². The molecule has 1 saturated heterocycles. The van der Waals surface area contributed by atoms with E-state index in [2.05, 4.69) is 4.90 Å². The first-order valence-electron chi connectivity index (χ1n) is 5.12. The number of halogens is 3. The lowest BCUT2D eigenvalue weighted by Crippen LogP contribution is -2.36. The Bertz CT molecular complexity index is 343. The highest BCUT2D eigenvalue weighted by molar-refractivity contribution is 6.30. The molecule has 3 nitrogen and oxygen atoms in total. The fourth-order valence-electron chi connectivity index (χ4n) is 1.81. The lowest BCUT2D eigenvalue weighted by Gasteiger charge is -2.30. The number of anilines is 1. The third-order valence-electron chi connectivity index (χ3n) is 2.62. The van der Waals surface area contributed by atoms with Crippen LogP contribution in [0.3, 0.4) is 0 Å². The minimum absolute atomic E-state index is 0. The largest absolute Gasteiger partial charge is 0.378 e. The molecule has 6 heteroatoms. The van der Waals surface area contributed by atoms with E-state index in [9.17, 15) is 0 Å². The summed E-state index contributed by atoms with van der Waals surface area (Å²) < 4.78 is 5.32. The van der Waals surface area contributed by atoms with Gasteiger partial charge in [-0.3, -0.25) is 0 Å². The van der Waals surface area contributed by atoms with Crippen molar-refractivity contribution in [2.45, 2.75) is 6.54 Å². The van der Waals surface area contributed by atoms with E-state index in [1.54, 1.807) is 0 Å². The van der Waals surface area contributed by atoms with Gasteiger partial charge in [0.05, 0.1) is 13.2 Å². The molecule has 0 aromatic heterocycles. The fraction of sp³-hybridized carbons (Fsp3) is 0.455. The van der Waals surface area contributed by atoms with Gasteiger partial charge in [0.2, 0.25) is 0 Å². The summed E-state index contributed by atoms with van der Waals surface area (Å²) in [4.78, 5) is 2.28. The van der Waals surface area contributed by atoms with E-state index in [4.69, 9.17) is 22.1 Å². The van der Waals surface area contributed by atoms with Gasteiger partial charge in [-0.15, -0.1) is 24.8 Å². The molecule has 0 bridgehead atoms. The topological polar surface area (TPSA) is 38.5 Å². The van der Waals surface area contributed by atoms with Crippen molar-refractivity contribution < 1.29 is 4.74 Å². The number of rotatable bonds is 2. The smallest absolute Gasteiger partial charge is 0.0642 e. The van der Waals surface area contributed by atoms with E-state index < -0.39 is 0 Å². The molecule has 0 saturated carbocycles. The van der Waals surface area contributed by atoms with Gasteiger partial charge in [0.25, 0.3) is 0 Å². The first kappa shape index (κ1) is 16.8. The van der Waals surface area contributed by atoms with E-state index in [0.717, 1.165) is 42.6 Å². The molecule has 1 aliphatic heterocycles. The van der Waals surface area contributed by atoms with Crippen molar-refractivity contribution in [3.8, 4) is 0 Å². The summed E-state index contributed by atoms with van der Waals surface area (Å²) in [6, 6.07) is 5.86. The highest BCUT2D eigenvalue weighted by Crippen LogP contribution is 2.25. The number of hydrogen-bond donors (Lipinski definition) is 1. The summed E-state index contributed by atoms with van der Waals surface area (Å²) in [5, 5.41) is 0.758. The molecule has 1 heterocycles. The maximum atomic E-state index is 5.99. The lowest BCUT2D eigenvalue weighted by atomic mass is 10.1. The molecule has 1 aromatic rings. The summed E-state index contributed by atoms with van der Waals surface area (Å²) in [6.45, 7) is 3.91. The number of ether oxygens (including phenoxy) is 1. The predicted octanol–water partition coefficient (Wildman–Crippen LogP) is 2.48. The fourth-order valence-corrected chi connectivity index (χ4v) is 1.97. The number of hydrogen-bond acceptors (Lipinski definition) is 3. The van der Waals surface area contributed by atoms with E-state index >= 15 is 0 Å². The number of benzene rings is 1. The molecule has 17 heavy (non-hydrogen) atoms. The normalized spacial score (nSPS) is 14.8. The van der Waals surface area contributed by atoms with Crippen LogP contribution in [0, 0.1) is 0 Å². The summed E-state index contributed by atoms with van der Waals surface area (Å²) >= 11 is 5.99. The lowest BCUT2D eigenvalue weighted by molar-refractivity contribution is 0.122. The van der Waals surface area contributed by atoms with E-state index in [1.807, 2.05) is 18.2 Å². The molecule has 0 radical (unpaired) electrons. The van der Waals surface area contributed by atoms with Gasteiger partial charge in [-0.25, -0.2) is 0 Å². The highest BCUT2D eigenvalue weighted by Gasteiger charge is 2.14. The van der Waals surface area contributed by atoms with Gasteiger partial charge >= 0.3 is 0 Å². The minimum atomic E-state index is 0. The summed E-state index contributed by atoms with van der Waals surface area (Å²) in [5.74, 6) is 0. The maximum absolute atomic E-state index is 5.99. The quantitative estimate of drug-likeness (QED) is 0.912. The Hall–Kier alpha value is -0.190. The summed E-state index contributed by atoms with van der Waals surface area (Å²) in [7, 11) is 0. The highest BCUT2D eigenvalue weighted by atomic mass is 35.5. The Kier molecular flexibility index (Phi) is 7.92. The molecule has 2 rings (SSSR count). The van der Waals surface area contributed by atoms with Crippen LogP contribution in [0.4, 0.5) is 5.69 Å². The van der Waals surface area contributed by atoms with Gasteiger partial charge < -0.3 is 15.4 Å². The van der Waals surface area contributed by atoms with Gasteiger partial charge in [-0.2, -0.15) is 0 Å². The predicted molar refractivity (Wildman–Crippen MR) is 76.9 cm³/mol. The Balaban J connectivity index is 0.00000128. The average molecular weight is 300 g/mol. The molecule has 2 N–H and O–H groups in total. The van der Waals surface area contributed by atoms with E-state index in [-0.39, 0.29) is 24.8 Å². The zero-order valence-electron chi connectivity index (χ0n) is 9.39. The van der Waals surface area contributed by atoms with Crippen molar-refractivity contribution >= 4 is 42.1 Å². The van der Waals surface area contributed by atoms with Crippen LogP contribution in [-0.2, 0) is 11.3 Å². The van der Waals surface area contributed by atoms with Crippen LogP contribution < -0.4 is 10.6 Å². The second kappa shape index (κ2) is 8.01. The summed E-state index contributed by atoms with van der Waals surface area (Å²) in [6.07, 6.45) is 0. The van der Waals surface area contributed by atoms with Crippen LogP contribution in [0.25, 0.3) is 0 Å². The standard InChI is InChI=1S/C11H15ClN2O.2ClH/c12-10-2-1-9(8-13)11(7-10)14-3-5-15-6-4-14;;/h1-2,7H,3-6,8,13H2;2*1H. The molecule has 0 unspecified atom stereocenters. The molecule has 1 fully saturated rings. The number of morpholine rings is 1. The second-order valence-corrected chi connectivity index (χ2v) is 4.01. The number of nitrogens with zero attached hydrogens (tertiary/aromatic N) is 1. The van der Waals surface area contributed by atoms with Crippen molar-refractivity contribution in [2.24, 2.45) is 5.73 Å². The Morgan fingerprint density at radius 3 is 2.47 bits per heavy atom. The minimum Gasteiger partial charge on any atom is -0.378 e. The Morgan fingerprint density at radius 1 is 1.24 bits per heavy atom. The second-order valence-electron chi connectivity index (χ2n) is 3.58. The SMILES string of the molecule is Cl.Cl.NCc1ccc(Cl)cc1N1CCOCC1. The van der Waals surface area contributed by atoms with Crippen LogP contribution in [0.2, 0.25) is 5.02 Å². The maximum Gasteiger partial charge on any atom is 0.0642 e. The molecular weight excluding hydrogens is 282 g/mol. The van der Waals surface area contributed by atoms with Gasteiger partial charge in [0.1, 0.15) is 0 Å². The van der Waals surface area contributed by atoms with Crippen molar-refractivity contribution in [2.75, 3.05) is 31.2 Å². The van der Waals surface area contributed by atoms with Gasteiger partial charge in [-0.05, 0) is 17.7 Å². The van der Waals surface area contributed by atoms with Crippen LogP contribution in [-0.4, -0.2) is 26.3 Å². The molecule has 0 spiro atoms. The van der Waals surface area contributed by atoms with Crippen molar-refractivity contribution in [1.82, 2.24) is 0 Å². The Morgan fingerprint density at radius 2 is 1.88 bits per heavy atom. The van der Waals surface area contributed by atoms with E-state index in [1.165, 1.54) is 0 Å². The molecular formula is C11H17Cl3N2O. The van der Waals surface area contributed by atoms with Crippen molar-refractivity contribution in [1.29, 1.82) is 0 Å². The van der Waals surface area contributed by atoms with Crippen LogP contribution in [0.15, 0.2) is 18.2 Å². The third-order valence-corrected chi connectivity index (χ3v) is 2.85. The zero-order chi connectivity index (χ0) is 10.7. The first-order valence-corrected chi connectivity index (χ1v) is 5.50. The average Bonchev–Trinajstić information content (AvgIpc) is 2.30. The van der Waals surface area contributed by atoms with Crippen molar-refractivity contribution in [3.05, 3.63) is 28.8 Å². The molecule has 0 amide bonds. The molecule has 0 atom stereocenters. The molecule has 1 aromatic carbocycles. The van der Waals surface area contributed by atoms with Gasteiger partial charge in [0.15, 0.2) is 0 Å². The van der Waals surface area contributed by atoms with E-state index in [0.29, 0.717) is 6.54 Å². The van der Waals surface area contributed by atoms with Gasteiger partial charge in [-0.1, -0.05) is 17.7 Å².